The predicted octanol–water partition coefficient (Wildman–Crippen LogP) is 10.4. The number of nitrogens with zero attached hydrogens (tertiary/aromatic N) is 2. The van der Waals surface area contributed by atoms with Crippen LogP contribution in [0.3, 0.4) is 0 Å². The van der Waals surface area contributed by atoms with E-state index in [0.29, 0.717) is 5.92 Å². The van der Waals surface area contributed by atoms with Gasteiger partial charge in [-0.1, -0.05) is 44.2 Å². The minimum absolute atomic E-state index is 0.277. The Morgan fingerprint density at radius 1 is 0.854 bits per heavy atom. The molecule has 0 saturated carbocycles. The van der Waals surface area contributed by atoms with Crippen molar-refractivity contribution < 1.29 is 9.90 Å². The zero-order valence-electron chi connectivity index (χ0n) is 22.5. The molecule has 4 nitrogen and oxygen atoms in total. The molecule has 0 aliphatic carbocycles. The molecule has 0 fully saturated rings. The molecule has 2 aromatic carbocycles. The lowest BCUT2D eigenvalue weighted by Crippen LogP contribution is -1.96. The van der Waals surface area contributed by atoms with E-state index in [-0.39, 0.29) is 5.70 Å². The number of rotatable bonds is 8. The van der Waals surface area contributed by atoms with Crippen molar-refractivity contribution in [2.45, 2.75) is 20.3 Å². The van der Waals surface area contributed by atoms with Crippen molar-refractivity contribution in [3.8, 4) is 35.6 Å². The summed E-state index contributed by atoms with van der Waals surface area (Å²) in [7, 11) is 0. The summed E-state index contributed by atoms with van der Waals surface area (Å²) in [6.45, 7) is 11.6. The van der Waals surface area contributed by atoms with Gasteiger partial charge in [-0.2, -0.15) is 0 Å². The van der Waals surface area contributed by atoms with Gasteiger partial charge in [-0.25, -0.2) is 4.85 Å². The van der Waals surface area contributed by atoms with Gasteiger partial charge in [-0.3, -0.25) is 4.79 Å². The molecule has 0 radical (unpaired) electrons. The number of aliphatic carboxylic acids is 1. The van der Waals surface area contributed by atoms with E-state index < -0.39 is 5.97 Å². The fraction of sp³-hybridized carbons (Fsp3) is 0.118. The average Bonchev–Trinajstić information content (AvgIpc) is 3.77. The largest absolute Gasteiger partial charge is 0.486 e. The minimum Gasteiger partial charge on any atom is -0.486 e. The molecule has 0 atom stereocenters. The minimum atomic E-state index is -1.20. The van der Waals surface area contributed by atoms with Gasteiger partial charge in [0.05, 0.1) is 12.1 Å². The molecule has 202 valence electrons. The Bertz CT molecular complexity index is 1940. The zero-order chi connectivity index (χ0) is 28.5. The first kappa shape index (κ1) is 27.0. The van der Waals surface area contributed by atoms with Crippen molar-refractivity contribution in [3.05, 3.63) is 119 Å². The number of aromatic nitrogens is 1. The summed E-state index contributed by atoms with van der Waals surface area (Å²) in [6, 6.07) is 30.0. The van der Waals surface area contributed by atoms with E-state index in [2.05, 4.69) is 102 Å². The normalized spacial score (nSPS) is 11.8. The molecule has 6 aromatic rings. The molecule has 1 N–H and O–H groups in total. The maximum absolute atomic E-state index is 11.2. The van der Waals surface area contributed by atoms with Crippen LogP contribution in [0.25, 0.3) is 57.5 Å². The van der Waals surface area contributed by atoms with E-state index in [1.165, 1.54) is 54.1 Å². The number of thiophene rings is 3. The van der Waals surface area contributed by atoms with E-state index in [1.54, 1.807) is 22.7 Å². The first-order valence-electron chi connectivity index (χ1n) is 13.2. The van der Waals surface area contributed by atoms with E-state index in [9.17, 15) is 4.79 Å². The molecule has 0 amide bonds. The van der Waals surface area contributed by atoms with Gasteiger partial charge in [0.2, 0.25) is 0 Å². The van der Waals surface area contributed by atoms with E-state index >= 15 is 0 Å². The van der Waals surface area contributed by atoms with Crippen LogP contribution in [-0.4, -0.2) is 15.6 Å². The van der Waals surface area contributed by atoms with Gasteiger partial charge in [-0.05, 0) is 78.6 Å². The summed E-state index contributed by atoms with van der Waals surface area (Å²) in [6.07, 6.45) is 4.77. The lowest BCUT2D eigenvalue weighted by molar-refractivity contribution is -0.132. The van der Waals surface area contributed by atoms with Crippen LogP contribution >= 0.6 is 34.0 Å². The van der Waals surface area contributed by atoms with Crippen molar-refractivity contribution in [2.75, 3.05) is 0 Å². The monoisotopic (exact) mass is 590 g/mol. The topological polar surface area (TPSA) is 46.6 Å². The summed E-state index contributed by atoms with van der Waals surface area (Å²) in [5.74, 6) is -0.570. The van der Waals surface area contributed by atoms with Gasteiger partial charge in [0.1, 0.15) is 0 Å². The van der Waals surface area contributed by atoms with Crippen LogP contribution in [0.1, 0.15) is 24.3 Å². The number of hydrogen-bond donors (Lipinski definition) is 1. The second-order valence-corrected chi connectivity index (χ2v) is 13.5. The molecule has 4 heterocycles. The second kappa shape index (κ2) is 11.3. The molecule has 0 bridgehead atoms. The van der Waals surface area contributed by atoms with Crippen LogP contribution in [0.2, 0.25) is 0 Å². The Kier molecular flexibility index (Phi) is 7.46. The highest BCUT2D eigenvalue weighted by atomic mass is 32.1. The molecular formula is C34H26N2O2S3. The average molecular weight is 591 g/mol. The van der Waals surface area contributed by atoms with Crippen molar-refractivity contribution in [1.29, 1.82) is 0 Å². The summed E-state index contributed by atoms with van der Waals surface area (Å²) in [5.41, 5.74) is 4.67. The zero-order valence-corrected chi connectivity index (χ0v) is 24.9. The third-order valence-electron chi connectivity index (χ3n) is 6.78. The van der Waals surface area contributed by atoms with E-state index in [0.717, 1.165) is 26.7 Å². The molecule has 0 saturated heterocycles. The highest BCUT2D eigenvalue weighted by Gasteiger charge is 2.16. The third kappa shape index (κ3) is 5.55. The Labute approximate surface area is 250 Å². The maximum atomic E-state index is 11.2. The van der Waals surface area contributed by atoms with E-state index in [1.807, 2.05) is 12.1 Å². The second-order valence-electron chi connectivity index (χ2n) is 10.2. The van der Waals surface area contributed by atoms with Gasteiger partial charge >= 0.3 is 5.97 Å². The number of carboxylic acids is 1. The van der Waals surface area contributed by atoms with Crippen molar-refractivity contribution in [3.63, 3.8) is 0 Å². The smallest absolute Gasteiger partial charge is 0.333 e. The molecule has 41 heavy (non-hydrogen) atoms. The summed E-state index contributed by atoms with van der Waals surface area (Å²) in [5, 5.41) is 10.4. The summed E-state index contributed by atoms with van der Waals surface area (Å²) >= 11 is 5.00. The quantitative estimate of drug-likeness (QED) is 0.142. The summed E-state index contributed by atoms with van der Waals surface area (Å²) in [4.78, 5) is 20.9. The molecular weight excluding hydrogens is 565 g/mol. The third-order valence-corrected chi connectivity index (χ3v) is 10.4. The van der Waals surface area contributed by atoms with Crippen molar-refractivity contribution in [2.24, 2.45) is 5.92 Å². The molecule has 0 aliphatic rings. The van der Waals surface area contributed by atoms with Crippen LogP contribution in [0.5, 0.6) is 0 Å². The number of para-hydroxylation sites is 1. The van der Waals surface area contributed by atoms with Crippen molar-refractivity contribution in [1.82, 2.24) is 4.57 Å². The number of fused-ring (bicyclic) bond motifs is 1. The van der Waals surface area contributed by atoms with Crippen LogP contribution in [0.15, 0.2) is 96.8 Å². The van der Waals surface area contributed by atoms with Crippen LogP contribution in [0.4, 0.5) is 0 Å². The van der Waals surface area contributed by atoms with Gasteiger partial charge in [-0.15, -0.1) is 34.0 Å². The number of hydrogen-bond acceptors (Lipinski definition) is 4. The van der Waals surface area contributed by atoms with Crippen molar-refractivity contribution >= 4 is 57.0 Å². The number of carboxylic acid groups (broad SMARTS) is 1. The Hall–Kier alpha value is -4.22. The molecule has 0 aliphatic heterocycles. The Balaban J connectivity index is 1.29. The summed E-state index contributed by atoms with van der Waals surface area (Å²) < 4.78 is 2.29. The molecule has 6 rings (SSSR count). The fourth-order valence-corrected chi connectivity index (χ4v) is 8.07. The van der Waals surface area contributed by atoms with Gasteiger partial charge in [0.25, 0.3) is 5.70 Å². The fourth-order valence-electron chi connectivity index (χ4n) is 4.91. The highest BCUT2D eigenvalue weighted by molar-refractivity contribution is 7.27. The van der Waals surface area contributed by atoms with Gasteiger partial charge < -0.3 is 9.67 Å². The highest BCUT2D eigenvalue weighted by Crippen LogP contribution is 2.43. The van der Waals surface area contributed by atoms with Crippen LogP contribution in [-0.2, 0) is 11.2 Å². The van der Waals surface area contributed by atoms with Crippen LogP contribution < -0.4 is 0 Å². The van der Waals surface area contributed by atoms with Gasteiger partial charge in [0.15, 0.2) is 0 Å². The molecule has 7 heteroatoms. The first-order chi connectivity index (χ1) is 19.9. The van der Waals surface area contributed by atoms with Crippen LogP contribution in [0, 0.1) is 12.5 Å². The Morgan fingerprint density at radius 2 is 1.46 bits per heavy atom. The lowest BCUT2D eigenvalue weighted by Gasteiger charge is -2.08. The number of benzene rings is 2. The maximum Gasteiger partial charge on any atom is 0.333 e. The molecule has 0 unspecified atom stereocenters. The molecule has 4 aromatic heterocycles. The van der Waals surface area contributed by atoms with Gasteiger partial charge in [0, 0.05) is 52.1 Å². The Morgan fingerprint density at radius 3 is 2.12 bits per heavy atom. The first-order valence-corrected chi connectivity index (χ1v) is 15.7. The SMILES string of the molecule is [C-]#[N+]/C(=C\c1ccc(-c2ccc(-c3ccc(-c4cn(-c5ccc(CC(C)C)cc5)c5ccccc45)s3)s2)s1)C(=O)O. The predicted molar refractivity (Wildman–Crippen MR) is 174 cm³/mol. The number of carbonyl (C=O) groups is 1. The lowest BCUT2D eigenvalue weighted by atomic mass is 10.0. The molecule has 0 spiro atoms. The van der Waals surface area contributed by atoms with E-state index in [4.69, 9.17) is 11.7 Å². The standard InChI is InChI=1S/C34H26N2O2S3/c1-21(2)18-22-8-10-23(11-9-22)36-20-26(25-6-4-5-7-28(25)36)29-14-15-32(40-29)33-17-16-31(41-33)30-13-12-24(39-30)19-27(35-3)34(37)38/h4-17,19-21H,18H2,1-2H3,(H,37,38)/b27-19-.